The number of hydrogen-bond donors (Lipinski definition) is 4. The van der Waals surface area contributed by atoms with Crippen LogP contribution in [-0.4, -0.2) is 23.6 Å². The minimum atomic E-state index is -1.21. The molecule has 0 aliphatic carbocycles. The van der Waals surface area contributed by atoms with Crippen LogP contribution in [-0.2, 0) is 25.0 Å². The highest BCUT2D eigenvalue weighted by Crippen LogP contribution is 2.38. The van der Waals surface area contributed by atoms with E-state index in [2.05, 4.69) is 0 Å². The van der Waals surface area contributed by atoms with Gasteiger partial charge in [0.25, 0.3) is 23.6 Å². The lowest BCUT2D eigenvalue weighted by Gasteiger charge is -2.36. The van der Waals surface area contributed by atoms with Crippen molar-refractivity contribution in [2.24, 2.45) is 0 Å². The summed E-state index contributed by atoms with van der Waals surface area (Å²) in [5.74, 6) is -1.21. The summed E-state index contributed by atoms with van der Waals surface area (Å²) in [7, 11) is 0. The van der Waals surface area contributed by atoms with Gasteiger partial charge >= 0.3 is 5.79 Å². The number of anilines is 2. The molecule has 2 heterocycles. The summed E-state index contributed by atoms with van der Waals surface area (Å²) >= 11 is 0. The fourth-order valence-electron chi connectivity index (χ4n) is 4.21. The molecule has 6 N–H and O–H groups in total. The van der Waals surface area contributed by atoms with E-state index in [1.54, 1.807) is 0 Å². The molecule has 0 atom stereocenters. The van der Waals surface area contributed by atoms with Gasteiger partial charge in [0.15, 0.2) is 0 Å². The van der Waals surface area contributed by atoms with Crippen molar-refractivity contribution in [3.8, 4) is 11.5 Å². The van der Waals surface area contributed by atoms with Crippen molar-refractivity contribution in [1.82, 2.24) is 10.6 Å². The van der Waals surface area contributed by atoms with Gasteiger partial charge in [-0.25, -0.2) is 0 Å². The van der Waals surface area contributed by atoms with Crippen LogP contribution in [0, 0.1) is 13.8 Å². The first kappa shape index (κ1) is 31.8. The number of nitrogens with one attached hydrogen (secondary N) is 2. The third-order valence-corrected chi connectivity index (χ3v) is 6.58. The third kappa shape index (κ3) is 8.45. The van der Waals surface area contributed by atoms with Crippen LogP contribution in [0.2, 0.25) is 0 Å². The number of rotatable bonds is 6. The number of aryl methyl sites for hydroxylation is 2. The molecule has 0 saturated heterocycles. The first-order chi connectivity index (χ1) is 21.6. The lowest BCUT2D eigenvalue weighted by molar-refractivity contribution is -0.125. The maximum atomic E-state index is 10.0. The summed E-state index contributed by atoms with van der Waals surface area (Å²) in [5.41, 5.74) is 17.1. The third-order valence-electron chi connectivity index (χ3n) is 6.58. The molecule has 2 aliphatic heterocycles. The summed E-state index contributed by atoms with van der Waals surface area (Å²) in [6.07, 6.45) is 4.79. The van der Waals surface area contributed by atoms with Crippen molar-refractivity contribution in [2.45, 2.75) is 19.6 Å². The number of hydrogen-bond acceptors (Lipinski definition) is 8. The number of nitrogens with two attached hydrogens (primary N) is 2. The molecule has 0 aromatic heterocycles. The van der Waals surface area contributed by atoms with Gasteiger partial charge in [0, 0.05) is 46.8 Å². The van der Waals surface area contributed by atoms with Crippen LogP contribution in [0.25, 0.3) is 0 Å². The Bertz CT molecular complexity index is 1600. The van der Waals surface area contributed by atoms with Gasteiger partial charge < -0.3 is 20.9 Å². The van der Waals surface area contributed by atoms with Crippen molar-refractivity contribution in [2.75, 3.05) is 11.5 Å². The Hall–Kier alpha value is -6.16. The lowest BCUT2D eigenvalue weighted by Crippen LogP contribution is -2.41. The Morgan fingerprint density at radius 1 is 0.511 bits per heavy atom. The van der Waals surface area contributed by atoms with E-state index in [0.717, 1.165) is 22.3 Å². The largest absolute Gasteiger partial charge is 0.444 e. The van der Waals surface area contributed by atoms with E-state index in [1.165, 1.54) is 24.3 Å². The van der Waals surface area contributed by atoms with Crippen LogP contribution in [0.15, 0.2) is 121 Å². The summed E-state index contributed by atoms with van der Waals surface area (Å²) in [4.78, 5) is 40.1. The molecule has 4 aromatic rings. The normalized spacial score (nSPS) is 13.2. The average molecular weight is 605 g/mol. The minimum absolute atomic E-state index is 0.329. The number of carbonyl (C=O) groups is 4. The predicted molar refractivity (Wildman–Crippen MR) is 171 cm³/mol. The van der Waals surface area contributed by atoms with Gasteiger partial charge in [-0.2, -0.15) is 0 Å². The van der Waals surface area contributed by atoms with Crippen molar-refractivity contribution >= 4 is 35.0 Å². The molecule has 0 spiro atoms. The van der Waals surface area contributed by atoms with Crippen molar-refractivity contribution in [1.29, 1.82) is 0 Å². The van der Waals surface area contributed by atoms with E-state index in [1.807, 2.05) is 122 Å². The minimum Gasteiger partial charge on any atom is -0.444 e. The van der Waals surface area contributed by atoms with Crippen molar-refractivity contribution in [3.63, 3.8) is 0 Å². The molecule has 0 radical (unpaired) electrons. The van der Waals surface area contributed by atoms with Gasteiger partial charge in [0.1, 0.15) is 11.5 Å². The standard InChI is InChI=1S/C27H26N2O2.2C4H3NO2/c1-19-17-23(13-15-25(19)28)30-27(21-9-5-3-6-10-21,22-11-7-4-8-12-22)31-24-14-16-26(29)20(2)18-24;2*6-3-1-2-4(7)5-3/h3-18H,28-29H2,1-2H3;2*1-2H,(H,5,6,7). The highest BCUT2D eigenvalue weighted by Gasteiger charge is 2.40. The van der Waals surface area contributed by atoms with Gasteiger partial charge in [0.05, 0.1) is 0 Å². The molecule has 0 unspecified atom stereocenters. The molecule has 4 amide bonds. The topological polar surface area (TPSA) is 163 Å². The molecule has 0 fully saturated rings. The van der Waals surface area contributed by atoms with Gasteiger partial charge in [-0.1, -0.05) is 60.7 Å². The number of carbonyl (C=O) groups excluding carboxylic acids is 4. The van der Waals surface area contributed by atoms with Crippen molar-refractivity contribution in [3.05, 3.63) is 144 Å². The Balaban J connectivity index is 0.000000269. The molecule has 6 rings (SSSR count). The zero-order valence-electron chi connectivity index (χ0n) is 24.7. The van der Waals surface area contributed by atoms with E-state index in [-0.39, 0.29) is 23.6 Å². The van der Waals surface area contributed by atoms with Gasteiger partial charge in [-0.05, 0) is 61.4 Å². The number of amides is 4. The average Bonchev–Trinajstić information content (AvgIpc) is 3.62. The van der Waals surface area contributed by atoms with Crippen LogP contribution in [0.4, 0.5) is 11.4 Å². The Kier molecular flexibility index (Phi) is 10.1. The molecular weight excluding hydrogens is 572 g/mol. The fraction of sp³-hybridized carbons (Fsp3) is 0.0857. The van der Waals surface area contributed by atoms with E-state index in [9.17, 15) is 19.2 Å². The zero-order valence-corrected chi connectivity index (χ0v) is 24.7. The highest BCUT2D eigenvalue weighted by atomic mass is 16.7. The molecule has 0 bridgehead atoms. The van der Waals surface area contributed by atoms with Gasteiger partial charge in [0.2, 0.25) is 0 Å². The van der Waals surface area contributed by atoms with E-state index < -0.39 is 5.79 Å². The molecule has 4 aromatic carbocycles. The monoisotopic (exact) mass is 604 g/mol. The van der Waals surface area contributed by atoms with Crippen LogP contribution in [0.5, 0.6) is 11.5 Å². The molecular formula is C35H32N4O6. The molecule has 228 valence electrons. The molecule has 45 heavy (non-hydrogen) atoms. The molecule has 10 nitrogen and oxygen atoms in total. The summed E-state index contributed by atoms with van der Waals surface area (Å²) in [6.45, 7) is 3.91. The van der Waals surface area contributed by atoms with Gasteiger partial charge in [-0.15, -0.1) is 0 Å². The highest BCUT2D eigenvalue weighted by molar-refractivity contribution is 6.13. The first-order valence-electron chi connectivity index (χ1n) is 13.8. The molecule has 0 saturated carbocycles. The van der Waals surface area contributed by atoms with E-state index in [4.69, 9.17) is 20.9 Å². The van der Waals surface area contributed by atoms with Crippen LogP contribution >= 0.6 is 0 Å². The zero-order chi connectivity index (χ0) is 32.4. The smallest absolute Gasteiger partial charge is 0.305 e. The fourth-order valence-corrected chi connectivity index (χ4v) is 4.21. The Morgan fingerprint density at radius 3 is 1.11 bits per heavy atom. The lowest BCUT2D eigenvalue weighted by atomic mass is 9.96. The summed E-state index contributed by atoms with van der Waals surface area (Å²) in [6, 6.07) is 31.1. The van der Waals surface area contributed by atoms with E-state index >= 15 is 0 Å². The van der Waals surface area contributed by atoms with Crippen LogP contribution < -0.4 is 31.6 Å². The number of ether oxygens (including phenoxy) is 2. The number of nitrogen functional groups attached to an aromatic ring is 2. The maximum absolute atomic E-state index is 10.0. The first-order valence-corrected chi connectivity index (χ1v) is 13.8. The van der Waals surface area contributed by atoms with Gasteiger partial charge in [-0.3, -0.25) is 29.8 Å². The quantitative estimate of drug-likeness (QED) is 0.144. The Morgan fingerprint density at radius 2 is 0.844 bits per heavy atom. The van der Waals surface area contributed by atoms with Crippen LogP contribution in [0.1, 0.15) is 22.3 Å². The second-order valence-electron chi connectivity index (χ2n) is 9.96. The second kappa shape index (κ2) is 14.3. The van der Waals surface area contributed by atoms with Crippen molar-refractivity contribution < 1.29 is 28.7 Å². The SMILES string of the molecule is Cc1cc(OC(Oc2ccc(N)c(C)c2)(c2ccccc2)c2ccccc2)ccc1N.O=C1C=CC(=O)N1.O=C1C=CC(=O)N1. The number of benzene rings is 4. The van der Waals surface area contributed by atoms with E-state index in [0.29, 0.717) is 22.9 Å². The van der Waals surface area contributed by atoms with Crippen LogP contribution in [0.3, 0.4) is 0 Å². The molecule has 2 aliphatic rings. The molecule has 10 heteroatoms. The second-order valence-corrected chi connectivity index (χ2v) is 9.96. The Labute approximate surface area is 260 Å². The summed E-state index contributed by atoms with van der Waals surface area (Å²) < 4.78 is 13.4. The predicted octanol–water partition coefficient (Wildman–Crippen LogP) is 4.22. The number of imide groups is 2. The summed E-state index contributed by atoms with van der Waals surface area (Å²) in [5, 5.41) is 4.06. The maximum Gasteiger partial charge on any atom is 0.305 e.